The lowest BCUT2D eigenvalue weighted by Gasteiger charge is -2.18. The first kappa shape index (κ1) is 22.2. The molecule has 154 valence electrons. The number of carbonyl (C=O) groups is 2. The van der Waals surface area contributed by atoms with E-state index >= 15 is 0 Å². The Morgan fingerprint density at radius 2 is 1.62 bits per heavy atom. The number of nitrogens with two attached hydrogens (primary N) is 2. The Bertz CT molecular complexity index is 824. The Hall–Kier alpha value is -3.06. The molecule has 0 aliphatic carbocycles. The third-order valence-corrected chi connectivity index (χ3v) is 4.71. The zero-order valence-electron chi connectivity index (χ0n) is 16.2. The number of ketones is 1. The van der Waals surface area contributed by atoms with Crippen molar-refractivity contribution in [3.63, 3.8) is 0 Å². The Morgan fingerprint density at radius 1 is 1.00 bits per heavy atom. The first-order valence-electron chi connectivity index (χ1n) is 9.52. The van der Waals surface area contributed by atoms with E-state index in [1.54, 1.807) is 24.3 Å². The molecule has 0 radical (unpaired) electrons. The molecule has 6 N–H and O–H groups in total. The van der Waals surface area contributed by atoms with Crippen molar-refractivity contribution in [2.24, 2.45) is 11.5 Å². The molecule has 0 fully saturated rings. The molecule has 0 saturated heterocycles. The molecule has 6 nitrogen and oxygen atoms in total. The number of Topliss-reactive ketones (excluding diaryl/α,β-unsaturated/α-hetero) is 1. The van der Waals surface area contributed by atoms with Crippen LogP contribution in [0.1, 0.15) is 29.5 Å². The van der Waals surface area contributed by atoms with Crippen LogP contribution in [0.4, 0.5) is 4.39 Å². The highest BCUT2D eigenvalue weighted by atomic mass is 19.1. The van der Waals surface area contributed by atoms with Crippen LogP contribution in [0.25, 0.3) is 0 Å². The molecular formula is C22H27FN4O2. The third kappa shape index (κ3) is 7.12. The number of benzene rings is 2. The van der Waals surface area contributed by atoms with Crippen molar-refractivity contribution in [1.82, 2.24) is 5.32 Å². The normalized spacial score (nSPS) is 12.8. The van der Waals surface area contributed by atoms with Gasteiger partial charge in [-0.1, -0.05) is 54.6 Å². The predicted molar refractivity (Wildman–Crippen MR) is 111 cm³/mol. The number of amides is 1. The van der Waals surface area contributed by atoms with Crippen molar-refractivity contribution < 1.29 is 14.0 Å². The lowest BCUT2D eigenvalue weighted by molar-refractivity contribution is -0.129. The fraction of sp³-hybridized carbons (Fsp3) is 0.318. The SMILES string of the molecule is N=C(N)c1ccc(CCC(=O)C(CF)NC(=O)[C@H](N)CCc2ccccc2)cc1. The van der Waals surface area contributed by atoms with Gasteiger partial charge >= 0.3 is 0 Å². The molecule has 7 heteroatoms. The van der Waals surface area contributed by atoms with Crippen molar-refractivity contribution in [3.8, 4) is 0 Å². The minimum Gasteiger partial charge on any atom is -0.384 e. The van der Waals surface area contributed by atoms with Crippen LogP contribution >= 0.6 is 0 Å². The first-order chi connectivity index (χ1) is 13.9. The van der Waals surface area contributed by atoms with Gasteiger partial charge in [-0.25, -0.2) is 4.39 Å². The fourth-order valence-electron chi connectivity index (χ4n) is 2.87. The van der Waals surface area contributed by atoms with E-state index in [-0.39, 0.29) is 18.0 Å². The Labute approximate surface area is 170 Å². The molecule has 2 rings (SSSR count). The maximum absolute atomic E-state index is 13.3. The summed E-state index contributed by atoms with van der Waals surface area (Å²) in [6.45, 7) is -0.973. The molecule has 2 aromatic carbocycles. The van der Waals surface area contributed by atoms with Crippen molar-refractivity contribution in [2.75, 3.05) is 6.67 Å². The molecule has 0 aliphatic heterocycles. The summed E-state index contributed by atoms with van der Waals surface area (Å²) in [6, 6.07) is 14.6. The highest BCUT2D eigenvalue weighted by Crippen LogP contribution is 2.09. The van der Waals surface area contributed by atoms with Gasteiger partial charge in [0, 0.05) is 12.0 Å². The number of hydrogen-bond donors (Lipinski definition) is 4. The first-order valence-corrected chi connectivity index (χ1v) is 9.52. The zero-order valence-corrected chi connectivity index (χ0v) is 16.2. The van der Waals surface area contributed by atoms with Crippen molar-refractivity contribution in [2.45, 2.75) is 37.8 Å². The summed E-state index contributed by atoms with van der Waals surface area (Å²) in [7, 11) is 0. The largest absolute Gasteiger partial charge is 0.384 e. The van der Waals surface area contributed by atoms with E-state index in [1.165, 1.54) is 0 Å². The van der Waals surface area contributed by atoms with Gasteiger partial charge in [0.25, 0.3) is 0 Å². The number of nitrogen functional groups attached to an aromatic ring is 1. The van der Waals surface area contributed by atoms with E-state index in [9.17, 15) is 14.0 Å². The van der Waals surface area contributed by atoms with E-state index in [0.717, 1.165) is 11.1 Å². The van der Waals surface area contributed by atoms with E-state index in [1.807, 2.05) is 30.3 Å². The highest BCUT2D eigenvalue weighted by molar-refractivity contribution is 5.95. The summed E-state index contributed by atoms with van der Waals surface area (Å²) < 4.78 is 13.3. The molecule has 0 saturated carbocycles. The van der Waals surface area contributed by atoms with Gasteiger partial charge in [-0.3, -0.25) is 15.0 Å². The molecule has 0 bridgehead atoms. The van der Waals surface area contributed by atoms with E-state index < -0.39 is 24.7 Å². The summed E-state index contributed by atoms with van der Waals surface area (Å²) in [5.41, 5.74) is 13.8. The highest BCUT2D eigenvalue weighted by Gasteiger charge is 2.23. The predicted octanol–water partition coefficient (Wildman–Crippen LogP) is 1.89. The smallest absolute Gasteiger partial charge is 0.237 e. The molecule has 1 unspecified atom stereocenters. The van der Waals surface area contributed by atoms with Crippen molar-refractivity contribution in [3.05, 3.63) is 71.3 Å². The van der Waals surface area contributed by atoms with Gasteiger partial charge in [-0.2, -0.15) is 0 Å². The van der Waals surface area contributed by atoms with Crippen molar-refractivity contribution >= 4 is 17.5 Å². The number of carbonyl (C=O) groups excluding carboxylic acids is 2. The molecule has 2 atom stereocenters. The quantitative estimate of drug-likeness (QED) is 0.341. The second-order valence-electron chi connectivity index (χ2n) is 6.92. The van der Waals surface area contributed by atoms with Crippen LogP contribution in [-0.2, 0) is 22.4 Å². The number of halogens is 1. The molecule has 0 aliphatic rings. The van der Waals surface area contributed by atoms with Crippen LogP contribution in [0, 0.1) is 5.41 Å². The number of aryl methyl sites for hydroxylation is 2. The fourth-order valence-corrected chi connectivity index (χ4v) is 2.87. The third-order valence-electron chi connectivity index (χ3n) is 4.71. The van der Waals surface area contributed by atoms with Gasteiger partial charge in [0.1, 0.15) is 18.6 Å². The van der Waals surface area contributed by atoms with Crippen LogP contribution in [0.5, 0.6) is 0 Å². The summed E-state index contributed by atoms with van der Waals surface area (Å²) in [5, 5.41) is 9.80. The minimum absolute atomic E-state index is 0.0311. The van der Waals surface area contributed by atoms with Gasteiger partial charge in [0.15, 0.2) is 5.78 Å². The number of hydrogen-bond acceptors (Lipinski definition) is 4. The van der Waals surface area contributed by atoms with Crippen molar-refractivity contribution in [1.29, 1.82) is 5.41 Å². The van der Waals surface area contributed by atoms with E-state index in [0.29, 0.717) is 24.8 Å². The zero-order chi connectivity index (χ0) is 21.2. The molecular weight excluding hydrogens is 371 g/mol. The van der Waals surface area contributed by atoms with Crippen LogP contribution in [0.2, 0.25) is 0 Å². The topological polar surface area (TPSA) is 122 Å². The summed E-state index contributed by atoms with van der Waals surface area (Å²) in [4.78, 5) is 24.5. The van der Waals surface area contributed by atoms with Gasteiger partial charge in [-0.05, 0) is 30.4 Å². The Balaban J connectivity index is 1.81. The van der Waals surface area contributed by atoms with Gasteiger partial charge in [0.05, 0.1) is 6.04 Å². The summed E-state index contributed by atoms with van der Waals surface area (Å²) in [6.07, 6.45) is 1.53. The standard InChI is InChI=1S/C22H27FN4O2/c23-14-19(20(28)13-9-16-6-10-17(11-7-16)21(25)26)27-22(29)18(24)12-8-15-4-2-1-3-5-15/h1-7,10-11,18-19H,8-9,12-14,24H2,(H3,25,26)(H,27,29)/t18-,19?/m1/s1. The second kappa shape index (κ2) is 11.1. The maximum Gasteiger partial charge on any atom is 0.237 e. The second-order valence-corrected chi connectivity index (χ2v) is 6.92. The van der Waals surface area contributed by atoms with Crippen LogP contribution in [0.3, 0.4) is 0 Å². The molecule has 2 aromatic rings. The van der Waals surface area contributed by atoms with E-state index in [2.05, 4.69) is 5.32 Å². The van der Waals surface area contributed by atoms with Gasteiger partial charge in [0.2, 0.25) is 5.91 Å². The van der Waals surface area contributed by atoms with Crippen LogP contribution in [-0.4, -0.2) is 36.3 Å². The maximum atomic E-state index is 13.3. The van der Waals surface area contributed by atoms with E-state index in [4.69, 9.17) is 16.9 Å². The molecule has 0 spiro atoms. The minimum atomic E-state index is -1.19. The summed E-state index contributed by atoms with van der Waals surface area (Å²) >= 11 is 0. The van der Waals surface area contributed by atoms with Crippen LogP contribution in [0.15, 0.2) is 54.6 Å². The average molecular weight is 398 g/mol. The Kier molecular flexibility index (Phi) is 8.48. The lowest BCUT2D eigenvalue weighted by Crippen LogP contribution is -2.49. The molecule has 1 amide bonds. The molecule has 0 aromatic heterocycles. The summed E-state index contributed by atoms with van der Waals surface area (Å²) in [5.74, 6) is -0.939. The van der Waals surface area contributed by atoms with Crippen LogP contribution < -0.4 is 16.8 Å². The number of amidine groups is 1. The number of alkyl halides is 1. The molecule has 0 heterocycles. The molecule has 29 heavy (non-hydrogen) atoms. The lowest BCUT2D eigenvalue weighted by atomic mass is 10.0. The number of rotatable bonds is 11. The van der Waals surface area contributed by atoms with Gasteiger partial charge < -0.3 is 16.8 Å². The number of nitrogens with one attached hydrogen (secondary N) is 2. The monoisotopic (exact) mass is 398 g/mol. The Morgan fingerprint density at radius 3 is 2.21 bits per heavy atom. The van der Waals surface area contributed by atoms with Gasteiger partial charge in [-0.15, -0.1) is 0 Å². The average Bonchev–Trinajstić information content (AvgIpc) is 2.74.